The highest BCUT2D eigenvalue weighted by molar-refractivity contribution is 5.87. The van der Waals surface area contributed by atoms with Gasteiger partial charge in [0.1, 0.15) is 0 Å². The molecule has 0 bridgehead atoms. The summed E-state index contributed by atoms with van der Waals surface area (Å²) in [6, 6.07) is 0. The number of esters is 1. The maximum absolute atomic E-state index is 11.8. The molecule has 0 unspecified atom stereocenters. The number of likely N-dealkylation sites (tertiary alicyclic amines) is 2. The predicted octanol–water partition coefficient (Wildman–Crippen LogP) is 3.35. The van der Waals surface area contributed by atoms with E-state index in [0.29, 0.717) is 32.4 Å². The van der Waals surface area contributed by atoms with Crippen molar-refractivity contribution in [3.63, 3.8) is 0 Å². The third-order valence-corrected chi connectivity index (χ3v) is 6.37. The normalized spacial score (nSPS) is 16.1. The molecular weight excluding hydrogens is 434 g/mol. The van der Waals surface area contributed by atoms with E-state index in [1.165, 1.54) is 6.08 Å². The quantitative estimate of drug-likeness (QED) is 0.186. The van der Waals surface area contributed by atoms with Crippen molar-refractivity contribution in [2.45, 2.75) is 89.9 Å². The summed E-state index contributed by atoms with van der Waals surface area (Å²) in [6.07, 6.45) is 15.3. The van der Waals surface area contributed by atoms with Crippen molar-refractivity contribution in [2.24, 2.45) is 0 Å². The van der Waals surface area contributed by atoms with Crippen molar-refractivity contribution in [3.05, 3.63) is 12.2 Å². The minimum atomic E-state index is -0.233. The second-order valence-electron chi connectivity index (χ2n) is 9.25. The van der Waals surface area contributed by atoms with Gasteiger partial charge >= 0.3 is 5.97 Å². The van der Waals surface area contributed by atoms with Gasteiger partial charge in [-0.25, -0.2) is 0 Å². The zero-order valence-corrected chi connectivity index (χ0v) is 20.7. The van der Waals surface area contributed by atoms with Crippen LogP contribution in [0.2, 0.25) is 0 Å². The Bertz CT molecular complexity index is 679. The summed E-state index contributed by atoms with van der Waals surface area (Å²) in [6.45, 7) is 4.58. The minimum absolute atomic E-state index is 0.133. The average molecular weight is 478 g/mol. The van der Waals surface area contributed by atoms with Gasteiger partial charge in [0, 0.05) is 52.0 Å². The third kappa shape index (κ3) is 12.2. The number of rotatable bonds is 18. The van der Waals surface area contributed by atoms with Gasteiger partial charge in [-0.1, -0.05) is 25.3 Å². The van der Waals surface area contributed by atoms with Gasteiger partial charge in [0.15, 0.2) is 0 Å². The van der Waals surface area contributed by atoms with Crippen molar-refractivity contribution in [3.8, 4) is 0 Å². The van der Waals surface area contributed by atoms with Gasteiger partial charge in [-0.2, -0.15) is 0 Å². The molecule has 8 nitrogen and oxygen atoms in total. The molecule has 2 heterocycles. The van der Waals surface area contributed by atoms with Gasteiger partial charge in [0.25, 0.3) is 0 Å². The summed E-state index contributed by atoms with van der Waals surface area (Å²) >= 11 is 0. The van der Waals surface area contributed by atoms with Crippen LogP contribution in [-0.2, 0) is 23.9 Å². The lowest BCUT2D eigenvalue weighted by molar-refractivity contribution is -0.143. The van der Waals surface area contributed by atoms with E-state index in [1.807, 2.05) is 9.80 Å². The van der Waals surface area contributed by atoms with E-state index in [4.69, 9.17) is 4.74 Å². The first-order chi connectivity index (χ1) is 16.6. The number of allylic oxidation sites excluding steroid dienone is 1. The molecule has 0 aromatic carbocycles. The highest BCUT2D eigenvalue weighted by Crippen LogP contribution is 2.12. The molecule has 0 aliphatic carbocycles. The second-order valence-corrected chi connectivity index (χ2v) is 9.25. The largest absolute Gasteiger partial charge is 0.466 e. The van der Waals surface area contributed by atoms with Crippen LogP contribution < -0.4 is 5.32 Å². The number of amides is 3. The molecule has 0 atom stereocenters. The number of unbranched alkanes of at least 4 members (excludes halogenated alkanes) is 6. The molecule has 2 saturated heterocycles. The Hall–Kier alpha value is -2.38. The van der Waals surface area contributed by atoms with Crippen LogP contribution in [0.4, 0.5) is 0 Å². The monoisotopic (exact) mass is 477 g/mol. The van der Waals surface area contributed by atoms with E-state index in [-0.39, 0.29) is 30.1 Å². The first-order valence-corrected chi connectivity index (χ1v) is 13.2. The second kappa shape index (κ2) is 17.1. The van der Waals surface area contributed by atoms with Crippen LogP contribution in [0.1, 0.15) is 89.9 Å². The molecular formula is C26H43N3O5. The van der Waals surface area contributed by atoms with Gasteiger partial charge in [-0.3, -0.25) is 19.2 Å². The van der Waals surface area contributed by atoms with Crippen molar-refractivity contribution < 1.29 is 23.9 Å². The Morgan fingerprint density at radius 3 is 2.00 bits per heavy atom. The van der Waals surface area contributed by atoms with Crippen LogP contribution in [-0.4, -0.2) is 72.8 Å². The summed E-state index contributed by atoms with van der Waals surface area (Å²) in [5.41, 5.74) is 0. The van der Waals surface area contributed by atoms with Crippen LogP contribution in [0.25, 0.3) is 0 Å². The predicted molar refractivity (Wildman–Crippen MR) is 131 cm³/mol. The summed E-state index contributed by atoms with van der Waals surface area (Å²) in [4.78, 5) is 50.5. The van der Waals surface area contributed by atoms with Gasteiger partial charge in [-0.05, 0) is 57.4 Å². The number of nitrogens with zero attached hydrogens (tertiary/aromatic N) is 2. The number of ether oxygens (including phenoxy) is 1. The summed E-state index contributed by atoms with van der Waals surface area (Å²) < 4.78 is 5.24. The fraction of sp³-hybridized carbons (Fsp3) is 0.769. The number of carbonyl (C=O) groups excluding carboxylic acids is 4. The van der Waals surface area contributed by atoms with E-state index in [0.717, 1.165) is 90.4 Å². The van der Waals surface area contributed by atoms with Gasteiger partial charge in [-0.15, -0.1) is 0 Å². The van der Waals surface area contributed by atoms with Crippen molar-refractivity contribution >= 4 is 23.7 Å². The van der Waals surface area contributed by atoms with E-state index < -0.39 is 0 Å². The molecule has 0 aromatic rings. The van der Waals surface area contributed by atoms with Crippen molar-refractivity contribution in [1.29, 1.82) is 0 Å². The number of hydrogen-bond donors (Lipinski definition) is 1. The third-order valence-electron chi connectivity index (χ3n) is 6.37. The molecule has 2 rings (SSSR count). The summed E-state index contributed by atoms with van der Waals surface area (Å²) in [7, 11) is 0. The molecule has 192 valence electrons. The summed E-state index contributed by atoms with van der Waals surface area (Å²) in [5, 5.41) is 2.86. The van der Waals surface area contributed by atoms with E-state index in [1.54, 1.807) is 6.08 Å². The SMILES string of the molecule is O=C(/C=C\CCC(=O)OCCCCCCN1CCCC1=O)NCCCCCCN1CCCC1=O. The number of hydrogen-bond acceptors (Lipinski definition) is 5. The Labute approximate surface area is 204 Å². The van der Waals surface area contributed by atoms with E-state index in [9.17, 15) is 19.2 Å². The zero-order valence-electron chi connectivity index (χ0n) is 20.7. The molecule has 0 aromatic heterocycles. The fourth-order valence-corrected chi connectivity index (χ4v) is 4.34. The van der Waals surface area contributed by atoms with Crippen LogP contribution in [0, 0.1) is 0 Å². The number of nitrogens with one attached hydrogen (secondary N) is 1. The van der Waals surface area contributed by atoms with Gasteiger partial charge < -0.3 is 19.9 Å². The van der Waals surface area contributed by atoms with Crippen molar-refractivity contribution in [2.75, 3.05) is 39.3 Å². The maximum atomic E-state index is 11.8. The molecule has 0 spiro atoms. The molecule has 0 radical (unpaired) electrons. The lowest BCUT2D eigenvalue weighted by Crippen LogP contribution is -2.25. The molecule has 2 aliphatic heterocycles. The smallest absolute Gasteiger partial charge is 0.306 e. The molecule has 3 amide bonds. The first kappa shape index (κ1) is 27.9. The highest BCUT2D eigenvalue weighted by atomic mass is 16.5. The molecule has 8 heteroatoms. The van der Waals surface area contributed by atoms with Crippen LogP contribution in [0.15, 0.2) is 12.2 Å². The van der Waals surface area contributed by atoms with Crippen molar-refractivity contribution in [1.82, 2.24) is 15.1 Å². The van der Waals surface area contributed by atoms with Gasteiger partial charge in [0.05, 0.1) is 6.61 Å². The first-order valence-electron chi connectivity index (χ1n) is 13.2. The Balaban J connectivity index is 1.33. The van der Waals surface area contributed by atoms with Crippen LogP contribution >= 0.6 is 0 Å². The lowest BCUT2D eigenvalue weighted by atomic mass is 10.2. The van der Waals surface area contributed by atoms with Gasteiger partial charge in [0.2, 0.25) is 17.7 Å². The Morgan fingerprint density at radius 2 is 1.41 bits per heavy atom. The molecule has 1 N–H and O–H groups in total. The summed E-state index contributed by atoms with van der Waals surface area (Å²) in [5.74, 6) is 0.195. The van der Waals surface area contributed by atoms with E-state index >= 15 is 0 Å². The van der Waals surface area contributed by atoms with E-state index in [2.05, 4.69) is 5.32 Å². The number of carbonyl (C=O) groups is 4. The molecule has 0 saturated carbocycles. The molecule has 34 heavy (non-hydrogen) atoms. The topological polar surface area (TPSA) is 96.0 Å². The lowest BCUT2D eigenvalue weighted by Gasteiger charge is -2.14. The maximum Gasteiger partial charge on any atom is 0.306 e. The Kier molecular flexibility index (Phi) is 14.0. The Morgan fingerprint density at radius 1 is 0.824 bits per heavy atom. The van der Waals surface area contributed by atoms with Crippen LogP contribution in [0.5, 0.6) is 0 Å². The highest BCUT2D eigenvalue weighted by Gasteiger charge is 2.19. The van der Waals surface area contributed by atoms with Crippen LogP contribution in [0.3, 0.4) is 0 Å². The molecule has 2 fully saturated rings. The average Bonchev–Trinajstić information content (AvgIpc) is 3.42. The minimum Gasteiger partial charge on any atom is -0.466 e. The zero-order chi connectivity index (χ0) is 24.4. The molecule has 2 aliphatic rings. The standard InChI is InChI=1S/C26H43N3O5/c30-23(27-17-7-1-2-8-18-28-20-11-14-24(28)31)13-5-6-16-26(33)34-22-10-4-3-9-19-29-21-12-15-25(29)32/h5,13H,1-4,6-12,14-22H2,(H,27,30)/b13-5-. The fourth-order valence-electron chi connectivity index (χ4n) is 4.34.